The lowest BCUT2D eigenvalue weighted by atomic mass is 10.1. The molecule has 1 saturated heterocycles. The van der Waals surface area contributed by atoms with E-state index in [4.69, 9.17) is 9.15 Å². The molecule has 1 aliphatic rings. The molecule has 8 nitrogen and oxygen atoms in total. The van der Waals surface area contributed by atoms with Gasteiger partial charge < -0.3 is 24.7 Å². The molecule has 2 heterocycles. The van der Waals surface area contributed by atoms with Gasteiger partial charge in [-0.2, -0.15) is 0 Å². The number of rotatable bonds is 9. The van der Waals surface area contributed by atoms with Crippen molar-refractivity contribution in [3.63, 3.8) is 0 Å². The minimum Gasteiger partial charge on any atom is -0.497 e. The Kier molecular flexibility index (Phi) is 8.40. The summed E-state index contributed by atoms with van der Waals surface area (Å²) in [6.45, 7) is 3.99. The van der Waals surface area contributed by atoms with Gasteiger partial charge in [0.1, 0.15) is 11.5 Å². The number of anilines is 1. The van der Waals surface area contributed by atoms with Crippen LogP contribution in [0.15, 0.2) is 77.4 Å². The quantitative estimate of drug-likeness (QED) is 0.462. The summed E-state index contributed by atoms with van der Waals surface area (Å²) < 4.78 is 10.9. The zero-order chi connectivity index (χ0) is 24.5. The molecule has 2 amide bonds. The average molecular weight is 477 g/mol. The Bertz CT molecular complexity index is 1060. The molecule has 0 radical (unpaired) electrons. The maximum Gasteiger partial charge on any atom is 0.309 e. The summed E-state index contributed by atoms with van der Waals surface area (Å²) in [4.78, 5) is 29.3. The van der Waals surface area contributed by atoms with Crippen LogP contribution in [0, 0.1) is 0 Å². The summed E-state index contributed by atoms with van der Waals surface area (Å²) in [5.41, 5.74) is 2.26. The van der Waals surface area contributed by atoms with Crippen molar-refractivity contribution in [2.24, 2.45) is 0 Å². The molecule has 35 heavy (non-hydrogen) atoms. The lowest BCUT2D eigenvalue weighted by Gasteiger charge is -2.39. The van der Waals surface area contributed by atoms with E-state index >= 15 is 0 Å². The number of carbonyl (C=O) groups is 2. The van der Waals surface area contributed by atoms with Crippen molar-refractivity contribution in [2.75, 3.05) is 51.3 Å². The standard InChI is InChI=1S/C27H32N4O4/c1-34-23-11-9-22(10-12-23)30-15-17-31(18-16-30)24(25-8-5-19-35-25)20-29-27(33)26(32)28-14-13-21-6-3-2-4-7-21/h2-12,19,24H,13-18,20H2,1H3,(H,28,32)(H,29,33). The Hall–Kier alpha value is -3.78. The third-order valence-corrected chi connectivity index (χ3v) is 6.27. The Morgan fingerprint density at radius 2 is 1.63 bits per heavy atom. The summed E-state index contributed by atoms with van der Waals surface area (Å²) in [5.74, 6) is 0.354. The number of furan rings is 1. The number of benzene rings is 2. The number of nitrogens with zero attached hydrogens (tertiary/aromatic N) is 2. The third-order valence-electron chi connectivity index (χ3n) is 6.27. The van der Waals surface area contributed by atoms with Gasteiger partial charge in [0.2, 0.25) is 0 Å². The lowest BCUT2D eigenvalue weighted by Crippen LogP contribution is -2.50. The maximum atomic E-state index is 12.4. The largest absolute Gasteiger partial charge is 0.497 e. The fraction of sp³-hybridized carbons (Fsp3) is 0.333. The number of piperazine rings is 1. The number of hydrogen-bond donors (Lipinski definition) is 2. The smallest absolute Gasteiger partial charge is 0.309 e. The van der Waals surface area contributed by atoms with Gasteiger partial charge in [-0.05, 0) is 48.4 Å². The second kappa shape index (κ2) is 12.1. The van der Waals surface area contributed by atoms with Gasteiger partial charge in [-0.3, -0.25) is 14.5 Å². The molecule has 0 spiro atoms. The molecule has 2 aromatic carbocycles. The zero-order valence-electron chi connectivity index (χ0n) is 20.0. The van der Waals surface area contributed by atoms with Crippen LogP contribution in [0.2, 0.25) is 0 Å². The van der Waals surface area contributed by atoms with Gasteiger partial charge in [0.05, 0.1) is 19.4 Å². The highest BCUT2D eigenvalue weighted by Gasteiger charge is 2.28. The fourth-order valence-corrected chi connectivity index (χ4v) is 4.29. The number of hydrogen-bond acceptors (Lipinski definition) is 6. The highest BCUT2D eigenvalue weighted by molar-refractivity contribution is 6.35. The molecule has 1 aromatic heterocycles. The predicted molar refractivity (Wildman–Crippen MR) is 134 cm³/mol. The first-order valence-electron chi connectivity index (χ1n) is 11.9. The molecule has 3 aromatic rings. The molecular weight excluding hydrogens is 444 g/mol. The fourth-order valence-electron chi connectivity index (χ4n) is 4.29. The van der Waals surface area contributed by atoms with Crippen LogP contribution in [0.1, 0.15) is 17.4 Å². The summed E-state index contributed by atoms with van der Waals surface area (Å²) >= 11 is 0. The van der Waals surface area contributed by atoms with Crippen molar-refractivity contribution in [2.45, 2.75) is 12.5 Å². The van der Waals surface area contributed by atoms with Crippen LogP contribution in [0.4, 0.5) is 5.69 Å². The average Bonchev–Trinajstić information content (AvgIpc) is 3.44. The van der Waals surface area contributed by atoms with E-state index in [9.17, 15) is 9.59 Å². The second-order valence-corrected chi connectivity index (χ2v) is 8.45. The molecule has 1 aliphatic heterocycles. The summed E-state index contributed by atoms with van der Waals surface area (Å²) in [5, 5.41) is 5.49. The summed E-state index contributed by atoms with van der Waals surface area (Å²) in [7, 11) is 1.66. The van der Waals surface area contributed by atoms with Crippen LogP contribution in [0.3, 0.4) is 0 Å². The van der Waals surface area contributed by atoms with Crippen LogP contribution < -0.4 is 20.3 Å². The molecule has 0 aliphatic carbocycles. The SMILES string of the molecule is COc1ccc(N2CCN(C(CNC(=O)C(=O)NCCc3ccccc3)c3ccco3)CC2)cc1. The van der Waals surface area contributed by atoms with Crippen molar-refractivity contribution in [1.29, 1.82) is 0 Å². The van der Waals surface area contributed by atoms with Gasteiger partial charge >= 0.3 is 11.8 Å². The Labute approximate surface area is 205 Å². The van der Waals surface area contributed by atoms with E-state index in [-0.39, 0.29) is 6.04 Å². The van der Waals surface area contributed by atoms with E-state index in [1.54, 1.807) is 13.4 Å². The highest BCUT2D eigenvalue weighted by atomic mass is 16.5. The number of nitrogens with one attached hydrogen (secondary N) is 2. The number of amides is 2. The van der Waals surface area contributed by atoms with Crippen LogP contribution in [-0.2, 0) is 16.0 Å². The first kappa shape index (κ1) is 24.3. The topological polar surface area (TPSA) is 87.0 Å². The predicted octanol–water partition coefficient (Wildman–Crippen LogP) is 2.63. The molecule has 0 saturated carbocycles. The van der Waals surface area contributed by atoms with Gasteiger partial charge in [-0.25, -0.2) is 0 Å². The van der Waals surface area contributed by atoms with Gasteiger partial charge in [-0.15, -0.1) is 0 Å². The number of methoxy groups -OCH3 is 1. The first-order valence-corrected chi connectivity index (χ1v) is 11.9. The summed E-state index contributed by atoms with van der Waals surface area (Å²) in [6.07, 6.45) is 2.31. The number of carbonyl (C=O) groups excluding carboxylic acids is 2. The van der Waals surface area contributed by atoms with Gasteiger partial charge in [-0.1, -0.05) is 30.3 Å². The van der Waals surface area contributed by atoms with E-state index in [1.165, 1.54) is 0 Å². The molecule has 4 rings (SSSR count). The lowest BCUT2D eigenvalue weighted by molar-refractivity contribution is -0.139. The van der Waals surface area contributed by atoms with Crippen LogP contribution in [0.25, 0.3) is 0 Å². The maximum absolute atomic E-state index is 12.4. The van der Waals surface area contributed by atoms with Gasteiger partial charge in [0.15, 0.2) is 0 Å². The Morgan fingerprint density at radius 3 is 2.29 bits per heavy atom. The third kappa shape index (κ3) is 6.64. The van der Waals surface area contributed by atoms with Gasteiger partial charge in [0.25, 0.3) is 0 Å². The van der Waals surface area contributed by atoms with Crippen LogP contribution >= 0.6 is 0 Å². The summed E-state index contributed by atoms with van der Waals surface area (Å²) in [6, 6.07) is 21.5. The minimum absolute atomic E-state index is 0.149. The van der Waals surface area contributed by atoms with E-state index < -0.39 is 11.8 Å². The van der Waals surface area contributed by atoms with Crippen molar-refractivity contribution in [3.05, 3.63) is 84.3 Å². The van der Waals surface area contributed by atoms with Gasteiger partial charge in [0, 0.05) is 45.0 Å². The van der Waals surface area contributed by atoms with Crippen molar-refractivity contribution >= 4 is 17.5 Å². The molecular formula is C27H32N4O4. The van der Waals surface area contributed by atoms with Crippen LogP contribution in [-0.4, -0.2) is 63.1 Å². The molecule has 8 heteroatoms. The van der Waals surface area contributed by atoms with Crippen molar-refractivity contribution < 1.29 is 18.7 Å². The molecule has 1 atom stereocenters. The Balaban J connectivity index is 1.28. The number of ether oxygens (including phenoxy) is 1. The van der Waals surface area contributed by atoms with Crippen molar-refractivity contribution in [3.8, 4) is 5.75 Å². The van der Waals surface area contributed by atoms with E-state index in [1.807, 2.05) is 54.6 Å². The monoisotopic (exact) mass is 476 g/mol. The zero-order valence-corrected chi connectivity index (χ0v) is 20.0. The van der Waals surface area contributed by atoms with E-state index in [2.05, 4.69) is 32.6 Å². The molecule has 184 valence electrons. The highest BCUT2D eigenvalue weighted by Crippen LogP contribution is 2.25. The van der Waals surface area contributed by atoms with E-state index in [0.29, 0.717) is 19.5 Å². The minimum atomic E-state index is -0.633. The molecule has 0 bridgehead atoms. The Morgan fingerprint density at radius 1 is 0.914 bits per heavy atom. The molecule has 2 N–H and O–H groups in total. The molecule has 1 fully saturated rings. The second-order valence-electron chi connectivity index (χ2n) is 8.45. The first-order chi connectivity index (χ1) is 17.1. The molecule has 1 unspecified atom stereocenters. The normalized spacial score (nSPS) is 14.8. The van der Waals surface area contributed by atoms with E-state index in [0.717, 1.165) is 48.9 Å². The van der Waals surface area contributed by atoms with Crippen LogP contribution in [0.5, 0.6) is 5.75 Å². The van der Waals surface area contributed by atoms with Crippen molar-refractivity contribution in [1.82, 2.24) is 15.5 Å².